The highest BCUT2D eigenvalue weighted by Crippen LogP contribution is 2.62. The molecule has 6 rings (SSSR count). The van der Waals surface area contributed by atoms with Crippen molar-refractivity contribution in [2.75, 3.05) is 27.4 Å². The lowest BCUT2D eigenvalue weighted by molar-refractivity contribution is -0.374. The summed E-state index contributed by atoms with van der Waals surface area (Å²) in [5, 5.41) is 11.7. The monoisotopic (exact) mass is 812 g/mol. The Kier molecular flexibility index (Phi) is 17.5. The fraction of sp³-hybridized carbons (Fsp3) is 0.600. The molecule has 3 aromatic carbocycles. The van der Waals surface area contributed by atoms with Gasteiger partial charge < -0.3 is 43.0 Å². The van der Waals surface area contributed by atoms with Gasteiger partial charge in [0.2, 0.25) is 0 Å². The number of aliphatic hydroxyl groups excluding tert-OH is 1. The number of hydrogen-bond donors (Lipinski definition) is 1. The lowest BCUT2D eigenvalue weighted by Crippen LogP contribution is -2.63. The van der Waals surface area contributed by atoms with Gasteiger partial charge in [0.15, 0.2) is 12.6 Å². The molecule has 3 fully saturated rings. The maximum atomic E-state index is 11.7. The van der Waals surface area contributed by atoms with Crippen molar-refractivity contribution in [1.29, 1.82) is 0 Å². The van der Waals surface area contributed by atoms with E-state index < -0.39 is 43.1 Å². The number of aliphatic hydroxyl groups is 1. The van der Waals surface area contributed by atoms with E-state index in [1.54, 1.807) is 14.2 Å². The summed E-state index contributed by atoms with van der Waals surface area (Å²) in [6, 6.07) is 25.5. The SMILES string of the molecule is CCCCCCC#CCCCCCC[C@@H]1[C@H]([C@H](O)CO[C@@H]2O[C@@H]3COC(c4ccccc4)O[C@@H]3[C@H](OCc3ccc(OC)cc3)[C@H]2OCc2ccc(OC)cc2)C1(C)C. The minimum absolute atomic E-state index is 0.0380. The van der Waals surface area contributed by atoms with Gasteiger partial charge in [-0.2, -0.15) is 0 Å². The van der Waals surface area contributed by atoms with Gasteiger partial charge in [-0.1, -0.05) is 114 Å². The Morgan fingerprint density at radius 3 is 1.92 bits per heavy atom. The summed E-state index contributed by atoms with van der Waals surface area (Å²) in [7, 11) is 3.31. The van der Waals surface area contributed by atoms with Crippen LogP contribution in [0.3, 0.4) is 0 Å². The molecular weight excluding hydrogens is 745 g/mol. The van der Waals surface area contributed by atoms with Crippen LogP contribution in [0.2, 0.25) is 0 Å². The molecule has 9 nitrogen and oxygen atoms in total. The van der Waals surface area contributed by atoms with Crippen molar-refractivity contribution in [3.8, 4) is 23.3 Å². The Balaban J connectivity index is 1.10. The second kappa shape index (κ2) is 22.9. The van der Waals surface area contributed by atoms with Crippen molar-refractivity contribution in [2.45, 2.75) is 148 Å². The molecule has 2 saturated heterocycles. The van der Waals surface area contributed by atoms with Gasteiger partial charge >= 0.3 is 0 Å². The van der Waals surface area contributed by atoms with Gasteiger partial charge in [-0.3, -0.25) is 0 Å². The van der Waals surface area contributed by atoms with Crippen molar-refractivity contribution in [2.24, 2.45) is 17.3 Å². The summed E-state index contributed by atoms with van der Waals surface area (Å²) in [5.41, 5.74) is 2.89. The third kappa shape index (κ3) is 12.8. The quantitative estimate of drug-likeness (QED) is 0.0742. The first-order chi connectivity index (χ1) is 28.8. The van der Waals surface area contributed by atoms with Crippen LogP contribution >= 0.6 is 0 Å². The third-order valence-electron chi connectivity index (χ3n) is 12.4. The van der Waals surface area contributed by atoms with E-state index in [0.29, 0.717) is 12.5 Å². The second-order valence-corrected chi connectivity index (χ2v) is 16.9. The summed E-state index contributed by atoms with van der Waals surface area (Å²) >= 11 is 0. The average Bonchev–Trinajstić information content (AvgIpc) is 3.83. The molecule has 2 aliphatic heterocycles. The largest absolute Gasteiger partial charge is 0.497 e. The molecule has 0 bridgehead atoms. The van der Waals surface area contributed by atoms with Crippen LogP contribution in [-0.2, 0) is 41.6 Å². The van der Waals surface area contributed by atoms with E-state index in [4.69, 9.17) is 37.9 Å². The van der Waals surface area contributed by atoms with E-state index in [1.165, 1.54) is 38.5 Å². The van der Waals surface area contributed by atoms with E-state index in [2.05, 4.69) is 32.6 Å². The summed E-state index contributed by atoms with van der Waals surface area (Å²) < 4.78 is 50.5. The van der Waals surface area contributed by atoms with Crippen molar-refractivity contribution < 1.29 is 43.0 Å². The maximum absolute atomic E-state index is 11.7. The molecule has 0 aromatic heterocycles. The highest BCUT2D eigenvalue weighted by molar-refractivity contribution is 5.28. The Morgan fingerprint density at radius 2 is 1.31 bits per heavy atom. The zero-order valence-corrected chi connectivity index (χ0v) is 36.0. The highest BCUT2D eigenvalue weighted by Gasteiger charge is 2.60. The first-order valence-electron chi connectivity index (χ1n) is 22.0. The minimum Gasteiger partial charge on any atom is -0.497 e. The summed E-state index contributed by atoms with van der Waals surface area (Å²) in [4.78, 5) is 0. The number of fused-ring (bicyclic) bond motifs is 1. The van der Waals surface area contributed by atoms with E-state index in [9.17, 15) is 5.11 Å². The number of rotatable bonds is 23. The van der Waals surface area contributed by atoms with Gasteiger partial charge in [0.1, 0.15) is 35.9 Å². The zero-order valence-electron chi connectivity index (χ0n) is 36.0. The molecule has 0 spiro atoms. The number of unbranched alkanes of at least 4 members (excludes halogenated alkanes) is 8. The Hall–Kier alpha value is -3.46. The van der Waals surface area contributed by atoms with Gasteiger partial charge in [0, 0.05) is 18.4 Å². The first-order valence-corrected chi connectivity index (χ1v) is 22.0. The van der Waals surface area contributed by atoms with E-state index in [-0.39, 0.29) is 31.2 Å². The average molecular weight is 813 g/mol. The lowest BCUT2D eigenvalue weighted by atomic mass is 9.97. The molecule has 1 saturated carbocycles. The molecule has 3 aromatic rings. The van der Waals surface area contributed by atoms with Crippen LogP contribution in [-0.4, -0.2) is 69.3 Å². The molecule has 2 heterocycles. The van der Waals surface area contributed by atoms with Gasteiger partial charge in [0.25, 0.3) is 0 Å². The van der Waals surface area contributed by atoms with Gasteiger partial charge in [-0.15, -0.1) is 11.8 Å². The molecule has 1 aliphatic carbocycles. The topological polar surface area (TPSA) is 94.1 Å². The number of hydrogen-bond acceptors (Lipinski definition) is 9. The van der Waals surface area contributed by atoms with Crippen LogP contribution in [0.5, 0.6) is 11.5 Å². The molecule has 1 N–H and O–H groups in total. The zero-order chi connectivity index (χ0) is 41.5. The second-order valence-electron chi connectivity index (χ2n) is 16.9. The fourth-order valence-electron chi connectivity index (χ4n) is 8.80. The van der Waals surface area contributed by atoms with E-state index in [0.717, 1.165) is 60.3 Å². The molecular formula is C50H68O9. The van der Waals surface area contributed by atoms with Crippen LogP contribution in [0.4, 0.5) is 0 Å². The predicted octanol–water partition coefficient (Wildman–Crippen LogP) is 9.98. The maximum Gasteiger partial charge on any atom is 0.187 e. The molecule has 0 amide bonds. The third-order valence-corrected chi connectivity index (χ3v) is 12.4. The number of ether oxygens (including phenoxy) is 8. The molecule has 322 valence electrons. The molecule has 59 heavy (non-hydrogen) atoms. The van der Waals surface area contributed by atoms with Crippen LogP contribution in [0.1, 0.15) is 114 Å². The molecule has 1 unspecified atom stereocenters. The van der Waals surface area contributed by atoms with Gasteiger partial charge in [0.05, 0.1) is 46.8 Å². The van der Waals surface area contributed by atoms with E-state index >= 15 is 0 Å². The van der Waals surface area contributed by atoms with Crippen LogP contribution in [0.25, 0.3) is 0 Å². The number of benzene rings is 3. The van der Waals surface area contributed by atoms with E-state index in [1.807, 2.05) is 78.9 Å². The highest BCUT2D eigenvalue weighted by atomic mass is 16.8. The fourth-order valence-corrected chi connectivity index (χ4v) is 8.80. The van der Waals surface area contributed by atoms with Crippen molar-refractivity contribution in [1.82, 2.24) is 0 Å². The van der Waals surface area contributed by atoms with Crippen LogP contribution in [0, 0.1) is 29.1 Å². The minimum atomic E-state index is -0.842. The Labute approximate surface area is 353 Å². The number of methoxy groups -OCH3 is 2. The smallest absolute Gasteiger partial charge is 0.187 e. The Morgan fingerprint density at radius 1 is 0.712 bits per heavy atom. The van der Waals surface area contributed by atoms with Crippen molar-refractivity contribution >= 4 is 0 Å². The molecule has 9 atom stereocenters. The normalized spacial score (nSPS) is 26.3. The van der Waals surface area contributed by atoms with Crippen molar-refractivity contribution in [3.05, 3.63) is 95.6 Å². The molecule has 9 heteroatoms. The summed E-state index contributed by atoms with van der Waals surface area (Å²) in [5.74, 6) is 8.86. The van der Waals surface area contributed by atoms with Crippen LogP contribution < -0.4 is 9.47 Å². The summed E-state index contributed by atoms with van der Waals surface area (Å²) in [6.07, 6.45) is 8.59. The molecule has 3 aliphatic rings. The summed E-state index contributed by atoms with van der Waals surface area (Å²) in [6.45, 7) is 7.77. The predicted molar refractivity (Wildman–Crippen MR) is 229 cm³/mol. The van der Waals surface area contributed by atoms with Crippen molar-refractivity contribution in [3.63, 3.8) is 0 Å². The van der Waals surface area contributed by atoms with Gasteiger partial charge in [-0.25, -0.2) is 0 Å². The molecule has 0 radical (unpaired) electrons. The van der Waals surface area contributed by atoms with Crippen LogP contribution in [0.15, 0.2) is 78.9 Å². The standard InChI is InChI=1S/C50H68O9/c1-6-7-8-9-10-11-12-13-14-15-16-20-23-41-44(50(41,2)3)42(51)34-56-49-47(55-33-37-26-30-40(53-5)31-27-37)46(54-32-36-24-28-39(52-4)29-25-36)45-43(58-49)35-57-48(59-45)38-21-18-17-19-22-38/h17-19,21-22,24-31,41-49,51H,6-10,13-16,20,23,32-35H2,1-5H3/t41-,42-,43-,44-,45+,46+,47-,48?,49-/m1/s1. The Bertz CT molecular complexity index is 1700. The first kappa shape index (κ1) is 45.1. The lowest BCUT2D eigenvalue weighted by Gasteiger charge is -2.49. The van der Waals surface area contributed by atoms with Gasteiger partial charge in [-0.05, 0) is 71.9 Å².